The summed E-state index contributed by atoms with van der Waals surface area (Å²) < 4.78 is 16.8. The number of nitrogens with zero attached hydrogens (tertiary/aromatic N) is 2. The number of morpholine rings is 1. The van der Waals surface area contributed by atoms with E-state index >= 15 is 0 Å². The van der Waals surface area contributed by atoms with Crippen molar-refractivity contribution in [3.8, 4) is 17.2 Å². The van der Waals surface area contributed by atoms with E-state index in [4.69, 9.17) is 14.2 Å². The summed E-state index contributed by atoms with van der Waals surface area (Å²) in [6, 6.07) is 21.2. The molecule has 1 unspecified atom stereocenters. The van der Waals surface area contributed by atoms with Gasteiger partial charge in [0, 0.05) is 31.7 Å². The molecular formula is C31H32N2O6. The zero-order valence-electron chi connectivity index (χ0n) is 22.1. The third kappa shape index (κ3) is 5.67. The van der Waals surface area contributed by atoms with Crippen molar-refractivity contribution in [2.75, 3.05) is 46.5 Å². The van der Waals surface area contributed by atoms with Crippen molar-refractivity contribution in [1.29, 1.82) is 0 Å². The van der Waals surface area contributed by atoms with Crippen molar-refractivity contribution in [1.82, 2.24) is 9.80 Å². The van der Waals surface area contributed by atoms with Gasteiger partial charge in [0.1, 0.15) is 23.0 Å². The van der Waals surface area contributed by atoms with E-state index in [2.05, 4.69) is 4.90 Å². The Hall–Kier alpha value is -4.14. The van der Waals surface area contributed by atoms with E-state index in [1.54, 1.807) is 30.2 Å². The first kappa shape index (κ1) is 26.5. The fourth-order valence-corrected chi connectivity index (χ4v) is 5.08. The summed E-state index contributed by atoms with van der Waals surface area (Å²) in [4.78, 5) is 30.7. The lowest BCUT2D eigenvalue weighted by Crippen LogP contribution is -2.42. The standard InChI is InChI=1S/C31H32N2O6/c1-21-19-24(37-2)11-12-26(21)29(34)27-28(22-7-6-10-25(20-22)39-23-8-4-3-5-9-23)33(31(36)30(27)35)14-13-32-15-17-38-18-16-32/h3-12,19-20,28,34H,13-18H2,1-2H3/b29-27+. The first-order valence-electron chi connectivity index (χ1n) is 13.0. The maximum atomic E-state index is 13.5. The summed E-state index contributed by atoms with van der Waals surface area (Å²) in [6.07, 6.45) is 0. The van der Waals surface area contributed by atoms with Gasteiger partial charge in [0.25, 0.3) is 11.7 Å². The molecule has 202 valence electrons. The highest BCUT2D eigenvalue weighted by Gasteiger charge is 2.46. The van der Waals surface area contributed by atoms with Crippen LogP contribution in [0.25, 0.3) is 5.76 Å². The minimum Gasteiger partial charge on any atom is -0.507 e. The van der Waals surface area contributed by atoms with Gasteiger partial charge in [0.2, 0.25) is 0 Å². The number of ether oxygens (including phenoxy) is 3. The first-order valence-corrected chi connectivity index (χ1v) is 13.0. The van der Waals surface area contributed by atoms with Gasteiger partial charge in [0.05, 0.1) is 31.9 Å². The van der Waals surface area contributed by atoms with Crippen LogP contribution in [0.3, 0.4) is 0 Å². The molecule has 0 aliphatic carbocycles. The van der Waals surface area contributed by atoms with Crippen molar-refractivity contribution in [3.63, 3.8) is 0 Å². The van der Waals surface area contributed by atoms with Gasteiger partial charge >= 0.3 is 0 Å². The van der Waals surface area contributed by atoms with Gasteiger partial charge in [-0.1, -0.05) is 30.3 Å². The lowest BCUT2D eigenvalue weighted by atomic mass is 9.93. The highest BCUT2D eigenvalue weighted by Crippen LogP contribution is 2.41. The molecule has 1 amide bonds. The van der Waals surface area contributed by atoms with Crippen LogP contribution < -0.4 is 9.47 Å². The molecule has 0 spiro atoms. The number of hydrogen-bond donors (Lipinski definition) is 1. The second-order valence-corrected chi connectivity index (χ2v) is 9.61. The molecule has 39 heavy (non-hydrogen) atoms. The normalized spacial score (nSPS) is 19.3. The van der Waals surface area contributed by atoms with E-state index in [-0.39, 0.29) is 11.3 Å². The molecule has 0 bridgehead atoms. The van der Waals surface area contributed by atoms with Gasteiger partial charge in [-0.05, 0) is 60.5 Å². The number of benzene rings is 3. The van der Waals surface area contributed by atoms with Crippen LogP contribution in [0.5, 0.6) is 17.2 Å². The molecule has 8 nitrogen and oxygen atoms in total. The molecule has 2 aliphatic heterocycles. The van der Waals surface area contributed by atoms with Crippen LogP contribution in [0.1, 0.15) is 22.7 Å². The van der Waals surface area contributed by atoms with Crippen molar-refractivity contribution in [2.45, 2.75) is 13.0 Å². The van der Waals surface area contributed by atoms with E-state index in [9.17, 15) is 14.7 Å². The molecular weight excluding hydrogens is 496 g/mol. The zero-order chi connectivity index (χ0) is 27.4. The summed E-state index contributed by atoms with van der Waals surface area (Å²) in [5, 5.41) is 11.5. The third-order valence-electron chi connectivity index (χ3n) is 7.14. The maximum absolute atomic E-state index is 13.5. The minimum atomic E-state index is -0.771. The summed E-state index contributed by atoms with van der Waals surface area (Å²) in [6.45, 7) is 5.55. The average molecular weight is 529 g/mol. The van der Waals surface area contributed by atoms with Gasteiger partial charge in [-0.3, -0.25) is 14.5 Å². The Morgan fingerprint density at radius 1 is 0.923 bits per heavy atom. The number of carbonyl (C=O) groups is 2. The fraction of sp³-hybridized carbons (Fsp3) is 0.290. The van der Waals surface area contributed by atoms with Gasteiger partial charge in [-0.25, -0.2) is 0 Å². The van der Waals surface area contributed by atoms with Crippen LogP contribution in [-0.2, 0) is 14.3 Å². The first-order chi connectivity index (χ1) is 19.0. The molecule has 2 saturated heterocycles. The lowest BCUT2D eigenvalue weighted by Gasteiger charge is -2.31. The smallest absolute Gasteiger partial charge is 0.295 e. The molecule has 0 radical (unpaired) electrons. The number of para-hydroxylation sites is 1. The molecule has 0 saturated carbocycles. The molecule has 3 aromatic rings. The van der Waals surface area contributed by atoms with Gasteiger partial charge < -0.3 is 24.2 Å². The number of Topliss-reactive ketones (excluding diaryl/α,β-unsaturated/α-hetero) is 1. The van der Waals surface area contributed by atoms with Crippen molar-refractivity contribution in [2.24, 2.45) is 0 Å². The highest BCUT2D eigenvalue weighted by molar-refractivity contribution is 6.46. The topological polar surface area (TPSA) is 88.5 Å². The van der Waals surface area contributed by atoms with E-state index in [0.29, 0.717) is 54.7 Å². The predicted octanol–water partition coefficient (Wildman–Crippen LogP) is 4.55. The van der Waals surface area contributed by atoms with Crippen LogP contribution in [0.4, 0.5) is 0 Å². The molecule has 1 N–H and O–H groups in total. The van der Waals surface area contributed by atoms with Crippen LogP contribution in [0.15, 0.2) is 78.4 Å². The summed E-state index contributed by atoms with van der Waals surface area (Å²) >= 11 is 0. The average Bonchev–Trinajstić information content (AvgIpc) is 3.22. The molecule has 1 atom stereocenters. The number of rotatable bonds is 8. The lowest BCUT2D eigenvalue weighted by molar-refractivity contribution is -0.140. The molecule has 0 aromatic heterocycles. The SMILES string of the molecule is COc1ccc(/C(O)=C2\C(=O)C(=O)N(CCN3CCOCC3)C2c2cccc(Oc3ccccc3)c2)c(C)c1. The number of amides is 1. The molecule has 2 fully saturated rings. The molecule has 5 rings (SSSR count). The Morgan fingerprint density at radius 3 is 2.38 bits per heavy atom. The Balaban J connectivity index is 1.55. The zero-order valence-corrected chi connectivity index (χ0v) is 22.1. The van der Waals surface area contributed by atoms with Crippen molar-refractivity contribution in [3.05, 3.63) is 95.1 Å². The maximum Gasteiger partial charge on any atom is 0.295 e. The number of aliphatic hydroxyl groups excluding tert-OH is 1. The Morgan fingerprint density at radius 2 is 1.67 bits per heavy atom. The molecule has 2 aliphatic rings. The van der Waals surface area contributed by atoms with Crippen LogP contribution in [0.2, 0.25) is 0 Å². The van der Waals surface area contributed by atoms with Crippen LogP contribution in [0, 0.1) is 6.92 Å². The number of aryl methyl sites for hydroxylation is 1. The molecule has 3 aromatic carbocycles. The number of methoxy groups -OCH3 is 1. The largest absolute Gasteiger partial charge is 0.507 e. The number of carbonyl (C=O) groups excluding carboxylic acids is 2. The Labute approximate surface area is 228 Å². The van der Waals surface area contributed by atoms with E-state index in [0.717, 1.165) is 18.7 Å². The second kappa shape index (κ2) is 11.7. The van der Waals surface area contributed by atoms with Gasteiger partial charge in [-0.15, -0.1) is 0 Å². The number of hydrogen-bond acceptors (Lipinski definition) is 7. The quantitative estimate of drug-likeness (QED) is 0.261. The Bertz CT molecular complexity index is 1380. The summed E-state index contributed by atoms with van der Waals surface area (Å²) in [5.74, 6) is 0.335. The van der Waals surface area contributed by atoms with Gasteiger partial charge in [-0.2, -0.15) is 0 Å². The fourth-order valence-electron chi connectivity index (χ4n) is 5.08. The third-order valence-corrected chi connectivity index (χ3v) is 7.14. The van der Waals surface area contributed by atoms with Gasteiger partial charge in [0.15, 0.2) is 0 Å². The van der Waals surface area contributed by atoms with Crippen LogP contribution >= 0.6 is 0 Å². The van der Waals surface area contributed by atoms with Crippen molar-refractivity contribution < 1.29 is 28.9 Å². The minimum absolute atomic E-state index is 0.0621. The van der Waals surface area contributed by atoms with E-state index in [1.807, 2.05) is 61.5 Å². The van der Waals surface area contributed by atoms with E-state index in [1.165, 1.54) is 0 Å². The Kier molecular flexibility index (Phi) is 7.95. The summed E-state index contributed by atoms with van der Waals surface area (Å²) in [5.41, 5.74) is 1.94. The number of aliphatic hydroxyl groups is 1. The predicted molar refractivity (Wildman–Crippen MR) is 147 cm³/mol. The monoisotopic (exact) mass is 528 g/mol. The second-order valence-electron chi connectivity index (χ2n) is 9.61. The van der Waals surface area contributed by atoms with Crippen molar-refractivity contribution >= 4 is 17.4 Å². The number of likely N-dealkylation sites (tertiary alicyclic amines) is 1. The van der Waals surface area contributed by atoms with E-state index < -0.39 is 17.7 Å². The highest BCUT2D eigenvalue weighted by atomic mass is 16.5. The summed E-state index contributed by atoms with van der Waals surface area (Å²) in [7, 11) is 1.57. The molecule has 8 heteroatoms. The number of ketones is 1. The molecule has 2 heterocycles. The van der Waals surface area contributed by atoms with Crippen LogP contribution in [-0.4, -0.2) is 73.1 Å².